The number of para-hydroxylation sites is 1. The van der Waals surface area contributed by atoms with Crippen LogP contribution in [0.4, 0.5) is 10.7 Å². The molecule has 0 saturated heterocycles. The third-order valence-electron chi connectivity index (χ3n) is 5.43. The van der Waals surface area contributed by atoms with Crippen LogP contribution >= 0.6 is 33.9 Å². The van der Waals surface area contributed by atoms with Crippen molar-refractivity contribution in [1.82, 2.24) is 0 Å². The third kappa shape index (κ3) is 5.81. The summed E-state index contributed by atoms with van der Waals surface area (Å²) in [6.45, 7) is 6.51. The van der Waals surface area contributed by atoms with Crippen molar-refractivity contribution >= 4 is 56.7 Å². The number of nitrogens with one attached hydrogen (secondary N) is 1. The number of aliphatic imine (C=N–C) groups is 1. The number of carbonyl (C=O) groups is 1. The van der Waals surface area contributed by atoms with E-state index in [1.807, 2.05) is 69.5 Å². The fourth-order valence-corrected chi connectivity index (χ4v) is 5.98. The second-order valence-corrected chi connectivity index (χ2v) is 10.6. The summed E-state index contributed by atoms with van der Waals surface area (Å²) in [6.07, 6.45) is 6.06. The van der Waals surface area contributed by atoms with Gasteiger partial charge in [-0.05, 0) is 104 Å². The van der Waals surface area contributed by atoms with E-state index in [0.717, 1.165) is 56.8 Å². The first kappa shape index (κ1) is 24.7. The monoisotopic (exact) mass is 588 g/mol. The van der Waals surface area contributed by atoms with Gasteiger partial charge in [0.15, 0.2) is 11.5 Å². The van der Waals surface area contributed by atoms with Crippen LogP contribution in [0.3, 0.4) is 0 Å². The highest BCUT2D eigenvalue weighted by Crippen LogP contribution is 2.40. The second-order valence-electron chi connectivity index (χ2n) is 8.40. The van der Waals surface area contributed by atoms with Crippen molar-refractivity contribution in [3.63, 3.8) is 0 Å². The molecule has 0 saturated carbocycles. The summed E-state index contributed by atoms with van der Waals surface area (Å²) >= 11 is 3.90. The Morgan fingerprint density at radius 1 is 1.21 bits per heavy atom. The van der Waals surface area contributed by atoms with Gasteiger partial charge in [-0.3, -0.25) is 4.79 Å². The summed E-state index contributed by atoms with van der Waals surface area (Å²) in [5, 5.41) is 3.81. The summed E-state index contributed by atoms with van der Waals surface area (Å²) in [7, 11) is 0. The number of anilines is 1. The zero-order valence-electron chi connectivity index (χ0n) is 19.7. The summed E-state index contributed by atoms with van der Waals surface area (Å²) in [5.74, 6) is 1.37. The Morgan fingerprint density at radius 3 is 2.71 bits per heavy atom. The number of rotatable bonds is 8. The molecule has 1 amide bonds. The number of amides is 1. The van der Waals surface area contributed by atoms with Crippen molar-refractivity contribution in [2.75, 3.05) is 11.9 Å². The van der Waals surface area contributed by atoms with Crippen molar-refractivity contribution in [3.05, 3.63) is 67.6 Å². The second kappa shape index (κ2) is 11.4. The maximum Gasteiger partial charge on any atom is 0.259 e. The van der Waals surface area contributed by atoms with Gasteiger partial charge < -0.3 is 14.8 Å². The zero-order chi connectivity index (χ0) is 24.1. The Bertz CT molecular complexity index is 1190. The molecule has 0 atom stereocenters. The standard InChI is InChI=1S/C27H29IN2O3S/c1-4-32-22-15-18(14-21(28)25(22)33-17(2)3)16-29-27-24(20-12-8-9-13-23(20)34-27)26(31)30-19-10-6-5-7-11-19/h5-7,10-11,14-17H,4,8-9,12-13H2,1-3H3,(H,30,31). The minimum absolute atomic E-state index is 0.0513. The maximum absolute atomic E-state index is 13.3. The van der Waals surface area contributed by atoms with Gasteiger partial charge in [-0.25, -0.2) is 4.99 Å². The normalized spacial score (nSPS) is 13.2. The van der Waals surface area contributed by atoms with Crippen molar-refractivity contribution in [2.24, 2.45) is 4.99 Å². The molecule has 1 aliphatic carbocycles. The van der Waals surface area contributed by atoms with E-state index < -0.39 is 0 Å². The molecule has 0 unspecified atom stereocenters. The first-order chi connectivity index (χ1) is 16.5. The van der Waals surface area contributed by atoms with Gasteiger partial charge in [0.25, 0.3) is 5.91 Å². The van der Waals surface area contributed by atoms with Crippen LogP contribution < -0.4 is 14.8 Å². The van der Waals surface area contributed by atoms with Crippen molar-refractivity contribution < 1.29 is 14.3 Å². The van der Waals surface area contributed by atoms with Crippen LogP contribution in [0.15, 0.2) is 47.5 Å². The highest BCUT2D eigenvalue weighted by atomic mass is 127. The molecule has 0 spiro atoms. The van der Waals surface area contributed by atoms with Gasteiger partial charge in [-0.2, -0.15) is 0 Å². The van der Waals surface area contributed by atoms with Crippen molar-refractivity contribution in [3.8, 4) is 11.5 Å². The van der Waals surface area contributed by atoms with Gasteiger partial charge in [0, 0.05) is 16.8 Å². The van der Waals surface area contributed by atoms with Gasteiger partial charge in [0.2, 0.25) is 0 Å². The van der Waals surface area contributed by atoms with E-state index in [2.05, 4.69) is 27.9 Å². The number of halogens is 1. The van der Waals surface area contributed by atoms with Crippen molar-refractivity contribution in [1.29, 1.82) is 0 Å². The highest BCUT2D eigenvalue weighted by Gasteiger charge is 2.25. The lowest BCUT2D eigenvalue weighted by molar-refractivity contribution is 0.102. The van der Waals surface area contributed by atoms with Crippen LogP contribution in [-0.4, -0.2) is 24.8 Å². The zero-order valence-corrected chi connectivity index (χ0v) is 22.7. The quantitative estimate of drug-likeness (QED) is 0.220. The van der Waals surface area contributed by atoms with E-state index in [1.165, 1.54) is 4.88 Å². The molecule has 1 aliphatic rings. The molecule has 178 valence electrons. The number of fused-ring (bicyclic) bond motifs is 1. The molecule has 34 heavy (non-hydrogen) atoms. The highest BCUT2D eigenvalue weighted by molar-refractivity contribution is 14.1. The topological polar surface area (TPSA) is 59.9 Å². The number of hydrogen-bond donors (Lipinski definition) is 1. The van der Waals surface area contributed by atoms with Gasteiger partial charge >= 0.3 is 0 Å². The van der Waals surface area contributed by atoms with Gasteiger partial charge in [0.1, 0.15) is 5.00 Å². The molecule has 0 aliphatic heterocycles. The fourth-order valence-electron chi connectivity index (χ4n) is 4.00. The van der Waals surface area contributed by atoms with E-state index in [4.69, 9.17) is 14.5 Å². The molecular weight excluding hydrogens is 559 g/mol. The first-order valence-electron chi connectivity index (χ1n) is 11.6. The summed E-state index contributed by atoms with van der Waals surface area (Å²) < 4.78 is 12.8. The Hall–Kier alpha value is -2.39. The van der Waals surface area contributed by atoms with Gasteiger partial charge in [-0.15, -0.1) is 11.3 Å². The SMILES string of the molecule is CCOc1cc(C=Nc2sc3c(c2C(=O)Nc2ccccc2)CCCC3)cc(I)c1OC(C)C. The molecule has 0 fully saturated rings. The fraction of sp³-hybridized carbons (Fsp3) is 0.333. The number of aryl methyl sites for hydroxylation is 1. The van der Waals surface area contributed by atoms with Gasteiger partial charge in [-0.1, -0.05) is 18.2 Å². The number of thiophene rings is 1. The largest absolute Gasteiger partial charge is 0.490 e. The molecule has 0 radical (unpaired) electrons. The van der Waals surface area contributed by atoms with Crippen LogP contribution in [0.5, 0.6) is 11.5 Å². The van der Waals surface area contributed by atoms with Crippen LogP contribution in [0, 0.1) is 3.57 Å². The smallest absolute Gasteiger partial charge is 0.259 e. The van der Waals surface area contributed by atoms with E-state index >= 15 is 0 Å². The maximum atomic E-state index is 13.3. The Labute approximate surface area is 218 Å². The molecule has 3 aromatic rings. The number of ether oxygens (including phenoxy) is 2. The lowest BCUT2D eigenvalue weighted by Gasteiger charge is -2.16. The molecule has 7 heteroatoms. The minimum atomic E-state index is -0.0944. The molecule has 1 N–H and O–H groups in total. The molecule has 2 aromatic carbocycles. The van der Waals surface area contributed by atoms with E-state index in [-0.39, 0.29) is 12.0 Å². The Morgan fingerprint density at radius 2 is 1.97 bits per heavy atom. The molecule has 5 nitrogen and oxygen atoms in total. The van der Waals surface area contributed by atoms with Crippen LogP contribution in [-0.2, 0) is 12.8 Å². The summed E-state index contributed by atoms with van der Waals surface area (Å²) in [5.41, 5.74) is 3.56. The number of carbonyl (C=O) groups excluding carboxylic acids is 1. The van der Waals surface area contributed by atoms with Crippen LogP contribution in [0.1, 0.15) is 60.0 Å². The molecule has 1 heterocycles. The van der Waals surface area contributed by atoms with Crippen LogP contribution in [0.25, 0.3) is 0 Å². The average molecular weight is 589 g/mol. The van der Waals surface area contributed by atoms with E-state index in [0.29, 0.717) is 17.9 Å². The first-order valence-corrected chi connectivity index (χ1v) is 13.5. The predicted octanol–water partition coefficient (Wildman–Crippen LogP) is 7.42. The number of hydrogen-bond acceptors (Lipinski definition) is 5. The summed E-state index contributed by atoms with van der Waals surface area (Å²) in [4.78, 5) is 19.4. The average Bonchev–Trinajstić information content (AvgIpc) is 3.19. The molecule has 1 aromatic heterocycles. The third-order valence-corrected chi connectivity index (χ3v) is 7.43. The van der Waals surface area contributed by atoms with E-state index in [9.17, 15) is 4.79 Å². The molecule has 0 bridgehead atoms. The molecule has 4 rings (SSSR count). The van der Waals surface area contributed by atoms with Crippen LogP contribution in [0.2, 0.25) is 0 Å². The molecular formula is C27H29IN2O3S. The van der Waals surface area contributed by atoms with Crippen molar-refractivity contribution in [2.45, 2.75) is 52.6 Å². The minimum Gasteiger partial charge on any atom is -0.490 e. The lowest BCUT2D eigenvalue weighted by Crippen LogP contribution is -2.14. The van der Waals surface area contributed by atoms with E-state index in [1.54, 1.807) is 11.3 Å². The van der Waals surface area contributed by atoms with Gasteiger partial charge in [0.05, 0.1) is 21.8 Å². The number of benzene rings is 2. The number of nitrogens with zero attached hydrogens (tertiary/aromatic N) is 1. The summed E-state index contributed by atoms with van der Waals surface area (Å²) in [6, 6.07) is 13.6. The Kier molecular flexibility index (Phi) is 8.26. The lowest BCUT2D eigenvalue weighted by atomic mass is 9.95. The predicted molar refractivity (Wildman–Crippen MR) is 149 cm³/mol. The Balaban J connectivity index is 1.68.